The number of ether oxygens (including phenoxy) is 1. The van der Waals surface area contributed by atoms with Gasteiger partial charge in [0.05, 0.1) is 19.8 Å². The highest BCUT2D eigenvalue weighted by molar-refractivity contribution is 7.91. The molecule has 1 aromatic heterocycles. The summed E-state index contributed by atoms with van der Waals surface area (Å²) in [4.78, 5) is 7.92. The third-order valence-electron chi connectivity index (χ3n) is 5.06. The minimum atomic E-state index is -3.45. The highest BCUT2D eigenvalue weighted by atomic mass is 32.2. The number of rotatable bonds is 5. The molecule has 4 rings (SSSR count). The number of benzene rings is 1. The molecule has 0 aliphatic carbocycles. The summed E-state index contributed by atoms with van der Waals surface area (Å²) in [5.74, 6) is 0.837. The fourth-order valence-electron chi connectivity index (χ4n) is 3.60. The van der Waals surface area contributed by atoms with Crippen LogP contribution >= 0.6 is 11.3 Å². The number of nitrogens with one attached hydrogen (secondary N) is 1. The lowest BCUT2D eigenvalue weighted by atomic mass is 10.2. The number of hydrogen-bond acceptors (Lipinski definition) is 5. The van der Waals surface area contributed by atoms with E-state index in [4.69, 9.17) is 9.73 Å². The second-order valence-corrected chi connectivity index (χ2v) is 10.3. The van der Waals surface area contributed by atoms with Crippen molar-refractivity contribution in [3.8, 4) is 0 Å². The quantitative estimate of drug-likeness (QED) is 0.577. The molecule has 0 radical (unpaired) electrons. The molecule has 3 heterocycles. The summed E-state index contributed by atoms with van der Waals surface area (Å²) >= 11 is 1.30. The van der Waals surface area contributed by atoms with Gasteiger partial charge in [-0.05, 0) is 37.1 Å². The lowest BCUT2D eigenvalue weighted by Crippen LogP contribution is -2.40. The summed E-state index contributed by atoms with van der Waals surface area (Å²) in [6, 6.07) is 11.9. The van der Waals surface area contributed by atoms with Crippen molar-refractivity contribution in [2.45, 2.75) is 24.1 Å². The first-order chi connectivity index (χ1) is 14.1. The van der Waals surface area contributed by atoms with E-state index in [1.165, 1.54) is 26.9 Å². The smallest absolute Gasteiger partial charge is 0.252 e. The Morgan fingerprint density at radius 2 is 1.97 bits per heavy atom. The van der Waals surface area contributed by atoms with Crippen molar-refractivity contribution in [1.29, 1.82) is 0 Å². The van der Waals surface area contributed by atoms with E-state index in [-0.39, 0.29) is 0 Å². The number of aliphatic imine (C=N–C) groups is 1. The normalized spacial score (nSPS) is 18.1. The Morgan fingerprint density at radius 3 is 2.76 bits per heavy atom. The minimum absolute atomic E-state index is 0.376. The molecule has 7 nitrogen and oxygen atoms in total. The van der Waals surface area contributed by atoms with Crippen LogP contribution in [0.5, 0.6) is 0 Å². The summed E-state index contributed by atoms with van der Waals surface area (Å²) in [6.45, 7) is 5.89. The molecule has 2 aliphatic rings. The molecular formula is C20H26N4O3S2. The molecular weight excluding hydrogens is 408 g/mol. The van der Waals surface area contributed by atoms with E-state index in [1.807, 2.05) is 12.1 Å². The van der Waals surface area contributed by atoms with Gasteiger partial charge in [0.25, 0.3) is 10.0 Å². The predicted molar refractivity (Wildman–Crippen MR) is 116 cm³/mol. The first kappa shape index (κ1) is 20.3. The Balaban J connectivity index is 1.50. The molecule has 0 atom stereocenters. The Kier molecular flexibility index (Phi) is 6.19. The van der Waals surface area contributed by atoms with Crippen LogP contribution in [0.15, 0.2) is 45.6 Å². The maximum absolute atomic E-state index is 12.8. The van der Waals surface area contributed by atoms with Gasteiger partial charge in [0.2, 0.25) is 0 Å². The zero-order valence-electron chi connectivity index (χ0n) is 16.5. The molecule has 0 saturated carbocycles. The summed E-state index contributed by atoms with van der Waals surface area (Å²) in [6.07, 6.45) is 1.00. The van der Waals surface area contributed by atoms with Crippen LogP contribution in [0.1, 0.15) is 17.4 Å². The van der Waals surface area contributed by atoms with Crippen molar-refractivity contribution >= 4 is 33.0 Å². The molecule has 0 unspecified atom stereocenters. The lowest BCUT2D eigenvalue weighted by Gasteiger charge is -2.25. The zero-order chi connectivity index (χ0) is 20.3. The van der Waals surface area contributed by atoms with Gasteiger partial charge in [0.1, 0.15) is 4.21 Å². The fourth-order valence-corrected chi connectivity index (χ4v) is 6.44. The van der Waals surface area contributed by atoms with E-state index in [0.717, 1.165) is 30.3 Å². The van der Waals surface area contributed by atoms with Crippen LogP contribution in [0.25, 0.3) is 0 Å². The van der Waals surface area contributed by atoms with Gasteiger partial charge in [-0.25, -0.2) is 13.4 Å². The number of nitrogens with zero attached hydrogens (tertiary/aromatic N) is 3. The van der Waals surface area contributed by atoms with Crippen LogP contribution in [-0.2, 0) is 27.7 Å². The van der Waals surface area contributed by atoms with Gasteiger partial charge in [-0.3, -0.25) is 0 Å². The number of thiophene rings is 1. The van der Waals surface area contributed by atoms with Crippen molar-refractivity contribution in [1.82, 2.24) is 9.62 Å². The lowest BCUT2D eigenvalue weighted by molar-refractivity contribution is 0.0731. The van der Waals surface area contributed by atoms with Crippen LogP contribution < -0.4 is 10.2 Å². The molecule has 2 aliphatic heterocycles. The zero-order valence-corrected chi connectivity index (χ0v) is 18.1. The molecule has 0 bridgehead atoms. The molecule has 1 aromatic carbocycles. The second kappa shape index (κ2) is 8.83. The fraction of sp³-hybridized carbons (Fsp3) is 0.450. The van der Waals surface area contributed by atoms with E-state index in [2.05, 4.69) is 35.3 Å². The van der Waals surface area contributed by atoms with Crippen molar-refractivity contribution in [3.63, 3.8) is 0 Å². The second-order valence-electron chi connectivity index (χ2n) is 6.94. The largest absolute Gasteiger partial charge is 0.379 e. The highest BCUT2D eigenvalue weighted by Crippen LogP contribution is 2.29. The van der Waals surface area contributed by atoms with Gasteiger partial charge in [0, 0.05) is 36.7 Å². The highest BCUT2D eigenvalue weighted by Gasteiger charge is 2.28. The number of sulfonamides is 1. The topological polar surface area (TPSA) is 74.2 Å². The maximum atomic E-state index is 12.8. The Labute approximate surface area is 176 Å². The average molecular weight is 435 g/mol. The minimum Gasteiger partial charge on any atom is -0.379 e. The first-order valence-corrected chi connectivity index (χ1v) is 12.2. The molecule has 29 heavy (non-hydrogen) atoms. The van der Waals surface area contributed by atoms with Crippen molar-refractivity contribution in [2.75, 3.05) is 44.3 Å². The molecule has 0 amide bonds. The number of fused-ring (bicyclic) bond motifs is 1. The van der Waals surface area contributed by atoms with E-state index >= 15 is 0 Å². The maximum Gasteiger partial charge on any atom is 0.252 e. The molecule has 1 fully saturated rings. The van der Waals surface area contributed by atoms with Gasteiger partial charge in [0.15, 0.2) is 5.96 Å². The van der Waals surface area contributed by atoms with Crippen molar-refractivity contribution in [2.24, 2.45) is 4.99 Å². The number of para-hydroxylation sites is 1. The third kappa shape index (κ3) is 4.32. The Morgan fingerprint density at radius 1 is 1.17 bits per heavy atom. The van der Waals surface area contributed by atoms with Crippen LogP contribution in [-0.4, -0.2) is 58.1 Å². The summed E-state index contributed by atoms with van der Waals surface area (Å²) in [5, 5.41) is 3.36. The van der Waals surface area contributed by atoms with Gasteiger partial charge < -0.3 is 15.0 Å². The van der Waals surface area contributed by atoms with E-state index in [0.29, 0.717) is 37.1 Å². The number of morpholine rings is 1. The number of hydrogen-bond donors (Lipinski definition) is 1. The molecule has 1 saturated heterocycles. The SMILES string of the molecule is CCNC(=NCc1ccc(S(=O)(=O)N2CCOCC2)s1)N1CCc2ccccc21. The standard InChI is InChI=1S/C20H26N4O3S2/c1-2-21-20(24-10-9-16-5-3-4-6-18(16)24)22-15-17-7-8-19(28-17)29(25,26)23-11-13-27-14-12-23/h3-8H,2,9-15H2,1H3,(H,21,22). The van der Waals surface area contributed by atoms with Crippen LogP contribution in [0.2, 0.25) is 0 Å². The third-order valence-corrected chi connectivity index (χ3v) is 8.50. The molecule has 2 aromatic rings. The van der Waals surface area contributed by atoms with Crippen LogP contribution in [0.3, 0.4) is 0 Å². The summed E-state index contributed by atoms with van der Waals surface area (Å²) in [5.41, 5.74) is 2.52. The van der Waals surface area contributed by atoms with E-state index in [1.54, 1.807) is 6.07 Å². The Hall–Kier alpha value is -1.94. The monoisotopic (exact) mass is 434 g/mol. The predicted octanol–water partition coefficient (Wildman–Crippen LogP) is 2.30. The van der Waals surface area contributed by atoms with E-state index < -0.39 is 10.0 Å². The van der Waals surface area contributed by atoms with Gasteiger partial charge >= 0.3 is 0 Å². The summed E-state index contributed by atoms with van der Waals surface area (Å²) < 4.78 is 32.8. The summed E-state index contributed by atoms with van der Waals surface area (Å²) in [7, 11) is -3.45. The van der Waals surface area contributed by atoms with Crippen LogP contribution in [0.4, 0.5) is 5.69 Å². The average Bonchev–Trinajstić information content (AvgIpc) is 3.39. The van der Waals surface area contributed by atoms with Crippen LogP contribution in [0, 0.1) is 0 Å². The van der Waals surface area contributed by atoms with Crippen molar-refractivity contribution < 1.29 is 13.2 Å². The number of guanidine groups is 1. The first-order valence-electron chi connectivity index (χ1n) is 9.90. The molecule has 0 spiro atoms. The van der Waals surface area contributed by atoms with Gasteiger partial charge in [-0.2, -0.15) is 4.31 Å². The van der Waals surface area contributed by atoms with Gasteiger partial charge in [-0.1, -0.05) is 18.2 Å². The molecule has 9 heteroatoms. The van der Waals surface area contributed by atoms with Crippen molar-refractivity contribution in [3.05, 3.63) is 46.8 Å². The molecule has 1 N–H and O–H groups in total. The van der Waals surface area contributed by atoms with Gasteiger partial charge in [-0.15, -0.1) is 11.3 Å². The molecule has 156 valence electrons. The van der Waals surface area contributed by atoms with E-state index in [9.17, 15) is 8.42 Å². The number of anilines is 1. The Bertz CT molecular complexity index is 981.